The molecule has 3 rings (SSSR count). The van der Waals surface area contributed by atoms with Gasteiger partial charge < -0.3 is 0 Å². The van der Waals surface area contributed by atoms with Crippen LogP contribution in [-0.2, 0) is 0 Å². The van der Waals surface area contributed by atoms with E-state index < -0.39 is 0 Å². The lowest BCUT2D eigenvalue weighted by Gasteiger charge is -2.01. The van der Waals surface area contributed by atoms with Crippen molar-refractivity contribution in [1.82, 2.24) is 14.8 Å². The van der Waals surface area contributed by atoms with Gasteiger partial charge in [-0.15, -0.1) is 11.8 Å². The molecule has 0 saturated heterocycles. The van der Waals surface area contributed by atoms with E-state index in [0.717, 1.165) is 16.2 Å². The molecule has 2 heterocycles. The highest BCUT2D eigenvalue weighted by molar-refractivity contribution is 7.98. The van der Waals surface area contributed by atoms with Crippen LogP contribution in [0.4, 0.5) is 0 Å². The largest absolute Gasteiger partial charge is 0.293 e. The summed E-state index contributed by atoms with van der Waals surface area (Å²) in [6.07, 6.45) is 3.74. The molecule has 3 aromatic rings. The second-order valence-corrected chi connectivity index (χ2v) is 6.13. The summed E-state index contributed by atoms with van der Waals surface area (Å²) < 4.78 is 1.46. The fraction of sp³-hybridized carbons (Fsp3) is 0.125. The highest BCUT2D eigenvalue weighted by atomic mass is 35.5. The second kappa shape index (κ2) is 6.02. The van der Waals surface area contributed by atoms with Crippen LogP contribution in [0.5, 0.6) is 0 Å². The first kappa shape index (κ1) is 14.9. The first-order valence-electron chi connectivity index (χ1n) is 6.68. The highest BCUT2D eigenvalue weighted by Crippen LogP contribution is 2.22. The zero-order chi connectivity index (χ0) is 15.7. The third kappa shape index (κ3) is 2.69. The van der Waals surface area contributed by atoms with Gasteiger partial charge in [-0.05, 0) is 43.0 Å². The van der Waals surface area contributed by atoms with Gasteiger partial charge in [0.15, 0.2) is 5.82 Å². The van der Waals surface area contributed by atoms with Crippen LogP contribution in [0.15, 0.2) is 52.3 Å². The number of nitrogens with zero attached hydrogens (tertiary/aromatic N) is 2. The number of H-pyrrole nitrogens is 1. The Kier molecular flexibility index (Phi) is 4.09. The average molecular weight is 332 g/mol. The van der Waals surface area contributed by atoms with E-state index in [1.807, 2.05) is 37.4 Å². The number of thioether (sulfide) groups is 1. The number of hydrogen-bond donors (Lipinski definition) is 1. The molecule has 0 aliphatic heterocycles. The number of nitrogens with one attached hydrogen (secondary N) is 1. The number of aryl methyl sites for hydroxylation is 1. The summed E-state index contributed by atoms with van der Waals surface area (Å²) in [5, 5.41) is 3.73. The van der Waals surface area contributed by atoms with Crippen LogP contribution in [-0.4, -0.2) is 21.0 Å². The Bertz CT molecular complexity index is 851. The van der Waals surface area contributed by atoms with Crippen LogP contribution in [0.1, 0.15) is 5.69 Å². The third-order valence-electron chi connectivity index (χ3n) is 3.39. The SMILES string of the molecule is CSc1ccc(-n2[nH]c(C)c(-c3ccc(Cl)cc3)c2=O)nc1. The zero-order valence-corrected chi connectivity index (χ0v) is 13.7. The highest BCUT2D eigenvalue weighted by Gasteiger charge is 2.14. The predicted octanol–water partition coefficient (Wildman–Crippen LogP) is 3.91. The molecule has 0 amide bonds. The van der Waals surface area contributed by atoms with Crippen LogP contribution >= 0.6 is 23.4 Å². The van der Waals surface area contributed by atoms with Crippen LogP contribution in [0.3, 0.4) is 0 Å². The first-order valence-corrected chi connectivity index (χ1v) is 8.28. The number of hydrogen-bond acceptors (Lipinski definition) is 3. The number of benzene rings is 1. The van der Waals surface area contributed by atoms with Gasteiger partial charge in [0.2, 0.25) is 0 Å². The molecule has 0 fully saturated rings. The summed E-state index contributed by atoms with van der Waals surface area (Å²) in [5.74, 6) is 0.575. The van der Waals surface area contributed by atoms with Crippen molar-refractivity contribution in [3.8, 4) is 16.9 Å². The molecule has 0 spiro atoms. The van der Waals surface area contributed by atoms with Gasteiger partial charge in [0.05, 0.1) is 5.56 Å². The minimum atomic E-state index is -0.121. The number of aromatic nitrogens is 3. The Hall–Kier alpha value is -1.98. The van der Waals surface area contributed by atoms with Crippen molar-refractivity contribution in [2.75, 3.05) is 6.26 Å². The van der Waals surface area contributed by atoms with Crippen molar-refractivity contribution in [1.29, 1.82) is 0 Å². The van der Waals surface area contributed by atoms with Crippen molar-refractivity contribution < 1.29 is 0 Å². The first-order chi connectivity index (χ1) is 10.6. The van der Waals surface area contributed by atoms with Gasteiger partial charge in [0.1, 0.15) is 0 Å². The molecule has 6 heteroatoms. The lowest BCUT2D eigenvalue weighted by Crippen LogP contribution is -2.16. The van der Waals surface area contributed by atoms with Crippen molar-refractivity contribution in [2.45, 2.75) is 11.8 Å². The van der Waals surface area contributed by atoms with Crippen molar-refractivity contribution >= 4 is 23.4 Å². The molecule has 4 nitrogen and oxygen atoms in total. The second-order valence-electron chi connectivity index (χ2n) is 4.82. The predicted molar refractivity (Wildman–Crippen MR) is 91.1 cm³/mol. The van der Waals surface area contributed by atoms with Crippen molar-refractivity contribution in [2.24, 2.45) is 0 Å². The molecule has 1 aromatic carbocycles. The third-order valence-corrected chi connectivity index (χ3v) is 4.35. The van der Waals surface area contributed by atoms with Gasteiger partial charge in [-0.3, -0.25) is 9.89 Å². The molecule has 112 valence electrons. The standard InChI is InChI=1S/C16H14ClN3OS/c1-10-15(11-3-5-12(17)6-4-11)16(21)20(19-10)14-8-7-13(22-2)9-18-14/h3-9,19H,1-2H3. The Balaban J connectivity index is 2.10. The van der Waals surface area contributed by atoms with Crippen LogP contribution in [0, 0.1) is 6.92 Å². The van der Waals surface area contributed by atoms with Crippen LogP contribution < -0.4 is 5.56 Å². The molecule has 2 aromatic heterocycles. The average Bonchev–Trinajstić information content (AvgIpc) is 2.83. The fourth-order valence-electron chi connectivity index (χ4n) is 2.29. The molecule has 0 radical (unpaired) electrons. The Morgan fingerprint density at radius 3 is 2.50 bits per heavy atom. The molecule has 0 atom stereocenters. The topological polar surface area (TPSA) is 50.7 Å². The van der Waals surface area contributed by atoms with E-state index in [1.165, 1.54) is 4.68 Å². The van der Waals surface area contributed by atoms with Gasteiger partial charge >= 0.3 is 0 Å². The monoisotopic (exact) mass is 331 g/mol. The normalized spacial score (nSPS) is 10.9. The molecular weight excluding hydrogens is 318 g/mol. The number of halogens is 1. The van der Waals surface area contributed by atoms with Gasteiger partial charge in [-0.25, -0.2) is 9.67 Å². The van der Waals surface area contributed by atoms with E-state index >= 15 is 0 Å². The van der Waals surface area contributed by atoms with Gasteiger partial charge in [-0.2, -0.15) is 0 Å². The summed E-state index contributed by atoms with van der Waals surface area (Å²) in [6, 6.07) is 11.0. The summed E-state index contributed by atoms with van der Waals surface area (Å²) >= 11 is 7.52. The Labute approximate surface area is 137 Å². The zero-order valence-electron chi connectivity index (χ0n) is 12.1. The minimum absolute atomic E-state index is 0.121. The molecule has 1 N–H and O–H groups in total. The molecule has 0 aliphatic rings. The lowest BCUT2D eigenvalue weighted by atomic mass is 10.1. The fourth-order valence-corrected chi connectivity index (χ4v) is 2.78. The maximum Gasteiger partial charge on any atom is 0.280 e. The van der Waals surface area contributed by atoms with E-state index in [0.29, 0.717) is 16.4 Å². The van der Waals surface area contributed by atoms with Gasteiger partial charge in [0, 0.05) is 21.8 Å². The minimum Gasteiger partial charge on any atom is -0.293 e. The summed E-state index contributed by atoms with van der Waals surface area (Å²) in [7, 11) is 0. The maximum atomic E-state index is 12.7. The van der Waals surface area contributed by atoms with Crippen LogP contribution in [0.2, 0.25) is 5.02 Å². The molecular formula is C16H14ClN3OS. The van der Waals surface area contributed by atoms with E-state index in [-0.39, 0.29) is 5.56 Å². The smallest absolute Gasteiger partial charge is 0.280 e. The molecule has 22 heavy (non-hydrogen) atoms. The van der Waals surface area contributed by atoms with E-state index in [2.05, 4.69) is 10.1 Å². The summed E-state index contributed by atoms with van der Waals surface area (Å²) in [6.45, 7) is 1.87. The van der Waals surface area contributed by atoms with Crippen molar-refractivity contribution in [3.63, 3.8) is 0 Å². The quantitative estimate of drug-likeness (QED) is 0.740. The molecule has 0 saturated carbocycles. The van der Waals surface area contributed by atoms with E-state index in [9.17, 15) is 4.79 Å². The number of rotatable bonds is 3. The van der Waals surface area contributed by atoms with E-state index in [4.69, 9.17) is 11.6 Å². The van der Waals surface area contributed by atoms with Crippen LogP contribution in [0.25, 0.3) is 16.9 Å². The molecule has 0 aliphatic carbocycles. The summed E-state index contributed by atoms with van der Waals surface area (Å²) in [4.78, 5) is 18.1. The molecule has 0 bridgehead atoms. The maximum absolute atomic E-state index is 12.7. The Morgan fingerprint density at radius 1 is 1.18 bits per heavy atom. The Morgan fingerprint density at radius 2 is 1.91 bits per heavy atom. The van der Waals surface area contributed by atoms with Gasteiger partial charge in [-0.1, -0.05) is 23.7 Å². The lowest BCUT2D eigenvalue weighted by molar-refractivity contribution is 0.804. The van der Waals surface area contributed by atoms with E-state index in [1.54, 1.807) is 30.1 Å². The summed E-state index contributed by atoms with van der Waals surface area (Å²) in [5.41, 5.74) is 2.14. The van der Waals surface area contributed by atoms with Crippen molar-refractivity contribution in [3.05, 3.63) is 63.7 Å². The number of aromatic amines is 1. The van der Waals surface area contributed by atoms with Gasteiger partial charge in [0.25, 0.3) is 5.56 Å². The molecule has 0 unspecified atom stereocenters. The number of pyridine rings is 1.